The first-order valence-electron chi connectivity index (χ1n) is 6.95. The highest BCUT2D eigenvalue weighted by molar-refractivity contribution is 5.23. The normalized spacial score (nSPS) is 22.9. The quantitative estimate of drug-likeness (QED) is 0.890. The molecule has 0 aromatic heterocycles. The molecule has 1 aliphatic rings. The summed E-state index contributed by atoms with van der Waals surface area (Å²) in [5.74, 6) is 0.149. The molecule has 0 radical (unpaired) electrons. The van der Waals surface area contributed by atoms with Gasteiger partial charge in [0.2, 0.25) is 0 Å². The zero-order chi connectivity index (χ0) is 13.0. The van der Waals surface area contributed by atoms with E-state index in [1.165, 1.54) is 43.5 Å². The van der Waals surface area contributed by atoms with Gasteiger partial charge in [0.05, 0.1) is 0 Å². The fourth-order valence-corrected chi connectivity index (χ4v) is 3.09. The summed E-state index contributed by atoms with van der Waals surface area (Å²) in [5.41, 5.74) is 7.14. The maximum Gasteiger partial charge on any atom is 0.123 e. The summed E-state index contributed by atoms with van der Waals surface area (Å²) in [6, 6.07) is 7.36. The maximum atomic E-state index is 13.0. The van der Waals surface area contributed by atoms with E-state index in [1.807, 2.05) is 12.1 Å². The van der Waals surface area contributed by atoms with Gasteiger partial charge in [-0.05, 0) is 43.6 Å². The molecule has 1 aromatic rings. The first kappa shape index (κ1) is 13.5. The minimum Gasteiger partial charge on any atom is -0.330 e. The molecule has 2 rings (SSSR count). The van der Waals surface area contributed by atoms with Crippen LogP contribution in [0.4, 0.5) is 4.39 Å². The second kappa shape index (κ2) is 6.30. The maximum absolute atomic E-state index is 13.0. The van der Waals surface area contributed by atoms with Gasteiger partial charge in [0.15, 0.2) is 0 Å². The summed E-state index contributed by atoms with van der Waals surface area (Å²) in [7, 11) is 0. The zero-order valence-electron chi connectivity index (χ0n) is 11.1. The molecule has 1 aliphatic heterocycles. The Balaban J connectivity index is 2.18. The number of nitrogens with two attached hydrogens (primary N) is 1. The molecule has 2 N–H and O–H groups in total. The number of nitrogens with zero attached hydrogens (tertiary/aromatic N) is 1. The first-order valence-corrected chi connectivity index (χ1v) is 6.95. The minimum atomic E-state index is -0.175. The van der Waals surface area contributed by atoms with Crippen LogP contribution in [0.15, 0.2) is 24.3 Å². The first-order chi connectivity index (χ1) is 8.76. The van der Waals surface area contributed by atoms with Crippen molar-refractivity contribution in [2.24, 2.45) is 5.73 Å². The molecule has 0 bridgehead atoms. The van der Waals surface area contributed by atoms with Crippen molar-refractivity contribution in [3.05, 3.63) is 35.6 Å². The smallest absolute Gasteiger partial charge is 0.123 e. The van der Waals surface area contributed by atoms with E-state index in [0.29, 0.717) is 18.5 Å². The number of hydrogen-bond acceptors (Lipinski definition) is 2. The lowest BCUT2D eigenvalue weighted by Gasteiger charge is -2.39. The average molecular weight is 250 g/mol. The van der Waals surface area contributed by atoms with Gasteiger partial charge in [0.25, 0.3) is 0 Å². The summed E-state index contributed by atoms with van der Waals surface area (Å²) in [6.07, 6.45) is 3.76. The van der Waals surface area contributed by atoms with E-state index in [2.05, 4.69) is 11.8 Å². The number of rotatable bonds is 4. The highest BCUT2D eigenvalue weighted by Gasteiger charge is 2.29. The molecular formula is C15H23FN2. The van der Waals surface area contributed by atoms with E-state index in [0.717, 1.165) is 6.54 Å². The van der Waals surface area contributed by atoms with Crippen LogP contribution in [0, 0.1) is 5.82 Å². The van der Waals surface area contributed by atoms with Gasteiger partial charge in [-0.25, -0.2) is 4.39 Å². The van der Waals surface area contributed by atoms with Crippen molar-refractivity contribution in [1.82, 2.24) is 4.90 Å². The number of benzene rings is 1. The van der Waals surface area contributed by atoms with Gasteiger partial charge in [0, 0.05) is 18.5 Å². The van der Waals surface area contributed by atoms with Crippen LogP contribution in [0.3, 0.4) is 0 Å². The number of likely N-dealkylation sites (N-methyl/N-ethyl adjacent to an activating group) is 1. The standard InChI is InChI=1S/C15H23FN2/c1-2-18-10-4-3-5-15(18)14(11-17)12-6-8-13(16)9-7-12/h6-9,14-15H,2-5,10-11,17H2,1H3. The van der Waals surface area contributed by atoms with Crippen LogP contribution in [-0.4, -0.2) is 30.6 Å². The molecule has 1 aromatic carbocycles. The average Bonchev–Trinajstić information content (AvgIpc) is 2.42. The van der Waals surface area contributed by atoms with Gasteiger partial charge in [-0.15, -0.1) is 0 Å². The van der Waals surface area contributed by atoms with Gasteiger partial charge >= 0.3 is 0 Å². The van der Waals surface area contributed by atoms with Gasteiger partial charge in [0.1, 0.15) is 5.82 Å². The largest absolute Gasteiger partial charge is 0.330 e. The van der Waals surface area contributed by atoms with E-state index in [1.54, 1.807) is 0 Å². The second-order valence-corrected chi connectivity index (χ2v) is 5.09. The Bertz CT molecular complexity index is 363. The third-order valence-corrected chi connectivity index (χ3v) is 4.09. The fourth-order valence-electron chi connectivity index (χ4n) is 3.09. The van der Waals surface area contributed by atoms with Crippen LogP contribution in [0.1, 0.15) is 37.7 Å². The predicted octanol–water partition coefficient (Wildman–Crippen LogP) is 2.74. The molecule has 2 atom stereocenters. The van der Waals surface area contributed by atoms with E-state index in [-0.39, 0.29) is 5.82 Å². The topological polar surface area (TPSA) is 29.3 Å². The molecule has 100 valence electrons. The molecule has 2 unspecified atom stereocenters. The summed E-state index contributed by atoms with van der Waals surface area (Å²) < 4.78 is 13.0. The molecule has 18 heavy (non-hydrogen) atoms. The summed E-state index contributed by atoms with van der Waals surface area (Å²) in [5, 5.41) is 0. The Morgan fingerprint density at radius 3 is 2.67 bits per heavy atom. The van der Waals surface area contributed by atoms with Crippen molar-refractivity contribution in [3.63, 3.8) is 0 Å². The van der Waals surface area contributed by atoms with Crippen LogP contribution in [0.2, 0.25) is 0 Å². The van der Waals surface area contributed by atoms with Crippen molar-refractivity contribution in [1.29, 1.82) is 0 Å². The summed E-state index contributed by atoms with van der Waals surface area (Å²) in [6.45, 7) is 5.07. The second-order valence-electron chi connectivity index (χ2n) is 5.09. The predicted molar refractivity (Wildman–Crippen MR) is 73.1 cm³/mol. The molecule has 3 heteroatoms. The Kier molecular flexibility index (Phi) is 4.72. The van der Waals surface area contributed by atoms with E-state index >= 15 is 0 Å². The third kappa shape index (κ3) is 2.90. The Hall–Kier alpha value is -0.930. The van der Waals surface area contributed by atoms with Gasteiger partial charge < -0.3 is 10.6 Å². The SMILES string of the molecule is CCN1CCCCC1C(CN)c1ccc(F)cc1. The Morgan fingerprint density at radius 1 is 1.33 bits per heavy atom. The lowest BCUT2D eigenvalue weighted by molar-refractivity contribution is 0.134. The van der Waals surface area contributed by atoms with Crippen LogP contribution in [-0.2, 0) is 0 Å². The molecule has 0 saturated carbocycles. The van der Waals surface area contributed by atoms with Crippen molar-refractivity contribution in [2.75, 3.05) is 19.6 Å². The van der Waals surface area contributed by atoms with Gasteiger partial charge in [-0.3, -0.25) is 0 Å². The van der Waals surface area contributed by atoms with Crippen LogP contribution < -0.4 is 5.73 Å². The summed E-state index contributed by atoms with van der Waals surface area (Å²) >= 11 is 0. The molecular weight excluding hydrogens is 227 g/mol. The van der Waals surface area contributed by atoms with Gasteiger partial charge in [-0.1, -0.05) is 25.5 Å². The zero-order valence-corrected chi connectivity index (χ0v) is 11.1. The number of likely N-dealkylation sites (tertiary alicyclic amines) is 1. The Labute approximate surface area is 109 Å². The minimum absolute atomic E-state index is 0.175. The third-order valence-electron chi connectivity index (χ3n) is 4.09. The molecule has 1 heterocycles. The number of halogens is 1. The lowest BCUT2D eigenvalue weighted by Crippen LogP contribution is -2.45. The van der Waals surface area contributed by atoms with Crippen molar-refractivity contribution < 1.29 is 4.39 Å². The molecule has 1 fully saturated rings. The number of hydrogen-bond donors (Lipinski definition) is 1. The Morgan fingerprint density at radius 2 is 2.06 bits per heavy atom. The molecule has 0 aliphatic carbocycles. The van der Waals surface area contributed by atoms with Crippen molar-refractivity contribution in [3.8, 4) is 0 Å². The van der Waals surface area contributed by atoms with Crippen molar-refractivity contribution in [2.45, 2.75) is 38.1 Å². The molecule has 0 amide bonds. The molecule has 1 saturated heterocycles. The highest BCUT2D eigenvalue weighted by atomic mass is 19.1. The highest BCUT2D eigenvalue weighted by Crippen LogP contribution is 2.29. The molecule has 0 spiro atoms. The van der Waals surface area contributed by atoms with Crippen LogP contribution in [0.25, 0.3) is 0 Å². The van der Waals surface area contributed by atoms with Crippen molar-refractivity contribution >= 4 is 0 Å². The van der Waals surface area contributed by atoms with E-state index in [9.17, 15) is 4.39 Å². The monoisotopic (exact) mass is 250 g/mol. The number of piperidine rings is 1. The van der Waals surface area contributed by atoms with Crippen LogP contribution >= 0.6 is 0 Å². The van der Waals surface area contributed by atoms with E-state index < -0.39 is 0 Å². The lowest BCUT2D eigenvalue weighted by atomic mass is 9.85. The molecule has 2 nitrogen and oxygen atoms in total. The van der Waals surface area contributed by atoms with Crippen LogP contribution in [0.5, 0.6) is 0 Å². The summed E-state index contributed by atoms with van der Waals surface area (Å²) in [4.78, 5) is 2.52. The van der Waals surface area contributed by atoms with Gasteiger partial charge in [-0.2, -0.15) is 0 Å². The fraction of sp³-hybridized carbons (Fsp3) is 0.600. The van der Waals surface area contributed by atoms with E-state index in [4.69, 9.17) is 5.73 Å².